The number of halogens is 2. The van der Waals surface area contributed by atoms with Crippen LogP contribution >= 0.6 is 0 Å². The zero-order valence-electron chi connectivity index (χ0n) is 11.4. The van der Waals surface area contributed by atoms with Gasteiger partial charge in [-0.15, -0.1) is 0 Å². The van der Waals surface area contributed by atoms with Crippen molar-refractivity contribution in [2.75, 3.05) is 5.32 Å². The molecule has 0 heterocycles. The number of benzene rings is 2. The Kier molecular flexibility index (Phi) is 4.72. The predicted octanol–water partition coefficient (Wildman–Crippen LogP) is 4.08. The molecule has 0 saturated carbocycles. The lowest BCUT2D eigenvalue weighted by Crippen LogP contribution is -2.03. The van der Waals surface area contributed by atoms with E-state index in [0.717, 1.165) is 16.8 Å². The van der Waals surface area contributed by atoms with Crippen LogP contribution in [0.25, 0.3) is 0 Å². The summed E-state index contributed by atoms with van der Waals surface area (Å²) in [4.78, 5) is 0. The minimum absolute atomic E-state index is 0.136. The predicted molar refractivity (Wildman–Crippen MR) is 76.3 cm³/mol. The minimum Gasteiger partial charge on any atom is -0.435 e. The Morgan fingerprint density at radius 3 is 2.52 bits per heavy atom. The highest BCUT2D eigenvalue weighted by atomic mass is 19.3. The van der Waals surface area contributed by atoms with Gasteiger partial charge in [0.05, 0.1) is 11.6 Å². The number of hydrogen-bond donors (Lipinski definition) is 1. The second-order valence-corrected chi connectivity index (χ2v) is 4.52. The summed E-state index contributed by atoms with van der Waals surface area (Å²) in [5.74, 6) is 0.136. The molecule has 2 aromatic rings. The molecule has 0 radical (unpaired) electrons. The third-order valence-corrected chi connectivity index (χ3v) is 3.00. The largest absolute Gasteiger partial charge is 0.435 e. The lowest BCUT2D eigenvalue weighted by molar-refractivity contribution is -0.0498. The van der Waals surface area contributed by atoms with Crippen molar-refractivity contribution < 1.29 is 13.5 Å². The van der Waals surface area contributed by atoms with Gasteiger partial charge in [0.25, 0.3) is 0 Å². The van der Waals surface area contributed by atoms with Crippen molar-refractivity contribution in [3.8, 4) is 11.8 Å². The molecule has 1 N–H and O–H groups in total. The molecule has 0 aliphatic rings. The van der Waals surface area contributed by atoms with Gasteiger partial charge in [-0.1, -0.05) is 18.2 Å². The molecule has 0 amide bonds. The first kappa shape index (κ1) is 14.8. The number of hydrogen-bond acceptors (Lipinski definition) is 3. The van der Waals surface area contributed by atoms with E-state index in [9.17, 15) is 8.78 Å². The molecule has 0 aliphatic carbocycles. The molecule has 5 heteroatoms. The quantitative estimate of drug-likeness (QED) is 0.901. The molecule has 0 fully saturated rings. The van der Waals surface area contributed by atoms with Crippen LogP contribution in [0.5, 0.6) is 5.75 Å². The summed E-state index contributed by atoms with van der Waals surface area (Å²) < 4.78 is 28.4. The third kappa shape index (κ3) is 4.18. The highest BCUT2D eigenvalue weighted by Crippen LogP contribution is 2.19. The number of nitrogens with zero attached hydrogens (tertiary/aromatic N) is 1. The van der Waals surface area contributed by atoms with E-state index >= 15 is 0 Å². The van der Waals surface area contributed by atoms with Crippen molar-refractivity contribution in [2.24, 2.45) is 0 Å². The summed E-state index contributed by atoms with van der Waals surface area (Å²) >= 11 is 0. The van der Waals surface area contributed by atoms with Crippen LogP contribution in [0.2, 0.25) is 0 Å². The maximum atomic E-state index is 12.0. The minimum atomic E-state index is -2.81. The van der Waals surface area contributed by atoms with E-state index in [1.54, 1.807) is 24.3 Å². The number of rotatable bonds is 5. The van der Waals surface area contributed by atoms with Crippen molar-refractivity contribution in [1.82, 2.24) is 0 Å². The van der Waals surface area contributed by atoms with Gasteiger partial charge in [-0.25, -0.2) is 0 Å². The first-order valence-corrected chi connectivity index (χ1v) is 6.37. The Morgan fingerprint density at radius 2 is 1.90 bits per heavy atom. The normalized spacial score (nSPS) is 10.2. The van der Waals surface area contributed by atoms with Gasteiger partial charge < -0.3 is 10.1 Å². The van der Waals surface area contributed by atoms with Gasteiger partial charge in [-0.3, -0.25) is 0 Å². The zero-order chi connectivity index (χ0) is 15.2. The van der Waals surface area contributed by atoms with Crippen LogP contribution in [-0.2, 0) is 6.54 Å². The highest BCUT2D eigenvalue weighted by molar-refractivity contribution is 5.55. The molecule has 0 aromatic heterocycles. The lowest BCUT2D eigenvalue weighted by atomic mass is 10.1. The van der Waals surface area contributed by atoms with Crippen molar-refractivity contribution in [3.05, 3.63) is 59.2 Å². The van der Waals surface area contributed by atoms with Crippen molar-refractivity contribution in [2.45, 2.75) is 20.1 Å². The van der Waals surface area contributed by atoms with E-state index in [-0.39, 0.29) is 5.75 Å². The van der Waals surface area contributed by atoms with E-state index in [0.29, 0.717) is 12.1 Å². The Balaban J connectivity index is 2.01. The number of nitrogens with one attached hydrogen (secondary N) is 1. The molecule has 0 bridgehead atoms. The van der Waals surface area contributed by atoms with Gasteiger partial charge in [0.1, 0.15) is 5.75 Å². The smallest absolute Gasteiger partial charge is 0.387 e. The molecule has 3 nitrogen and oxygen atoms in total. The number of anilines is 1. The molecule has 0 saturated heterocycles. The average molecular weight is 288 g/mol. The molecule has 0 unspecified atom stereocenters. The number of nitriles is 1. The van der Waals surface area contributed by atoms with Gasteiger partial charge in [-0.05, 0) is 42.3 Å². The first-order valence-electron chi connectivity index (χ1n) is 6.37. The van der Waals surface area contributed by atoms with Crippen LogP contribution in [0.4, 0.5) is 14.5 Å². The lowest BCUT2D eigenvalue weighted by Gasteiger charge is -2.10. The molecule has 108 valence electrons. The van der Waals surface area contributed by atoms with Crippen LogP contribution in [-0.4, -0.2) is 6.61 Å². The Hall–Kier alpha value is -2.61. The summed E-state index contributed by atoms with van der Waals surface area (Å²) in [7, 11) is 0. The van der Waals surface area contributed by atoms with Crippen molar-refractivity contribution >= 4 is 5.69 Å². The molecule has 2 aromatic carbocycles. The van der Waals surface area contributed by atoms with Crippen molar-refractivity contribution in [3.63, 3.8) is 0 Å². The Morgan fingerprint density at radius 1 is 1.19 bits per heavy atom. The number of aryl methyl sites for hydroxylation is 1. The number of alkyl halides is 2. The molecule has 21 heavy (non-hydrogen) atoms. The highest BCUT2D eigenvalue weighted by Gasteiger charge is 2.04. The summed E-state index contributed by atoms with van der Waals surface area (Å²) in [6.45, 7) is -0.335. The van der Waals surface area contributed by atoms with E-state index in [1.807, 2.05) is 13.0 Å². The van der Waals surface area contributed by atoms with Crippen LogP contribution in [0.1, 0.15) is 16.7 Å². The third-order valence-electron chi connectivity index (χ3n) is 3.00. The Bertz CT molecular complexity index is 648. The summed E-state index contributed by atoms with van der Waals surface area (Å²) in [6.07, 6.45) is 0. The molecule has 2 rings (SSSR count). The van der Waals surface area contributed by atoms with Gasteiger partial charge in [0.15, 0.2) is 0 Å². The van der Waals surface area contributed by atoms with Gasteiger partial charge in [-0.2, -0.15) is 14.0 Å². The topological polar surface area (TPSA) is 45.0 Å². The first-order chi connectivity index (χ1) is 10.1. The molecule has 0 atom stereocenters. The summed E-state index contributed by atoms with van der Waals surface area (Å²) in [6, 6.07) is 13.9. The molecule has 0 spiro atoms. The molecular weight excluding hydrogens is 274 g/mol. The van der Waals surface area contributed by atoms with Crippen LogP contribution in [0.3, 0.4) is 0 Å². The van der Waals surface area contributed by atoms with Gasteiger partial charge in [0.2, 0.25) is 0 Å². The zero-order valence-corrected chi connectivity index (χ0v) is 11.4. The van der Waals surface area contributed by atoms with E-state index in [2.05, 4.69) is 16.1 Å². The van der Waals surface area contributed by atoms with Crippen LogP contribution in [0.15, 0.2) is 42.5 Å². The maximum absolute atomic E-state index is 12.0. The van der Waals surface area contributed by atoms with E-state index in [1.165, 1.54) is 12.1 Å². The summed E-state index contributed by atoms with van der Waals surface area (Å²) in [5.41, 5.74) is 3.43. The fourth-order valence-corrected chi connectivity index (χ4v) is 1.87. The SMILES string of the molecule is Cc1ccc(C#N)cc1NCc1ccc(OC(F)F)cc1. The van der Waals surface area contributed by atoms with Crippen LogP contribution < -0.4 is 10.1 Å². The monoisotopic (exact) mass is 288 g/mol. The van der Waals surface area contributed by atoms with E-state index < -0.39 is 6.61 Å². The number of ether oxygens (including phenoxy) is 1. The standard InChI is InChI=1S/C16H14F2N2O/c1-11-2-3-13(9-19)8-15(11)20-10-12-4-6-14(7-5-12)21-16(17)18/h2-8,16,20H,10H2,1H3. The second kappa shape index (κ2) is 6.71. The van der Waals surface area contributed by atoms with Gasteiger partial charge in [0, 0.05) is 12.2 Å². The van der Waals surface area contributed by atoms with Gasteiger partial charge >= 0.3 is 6.61 Å². The maximum Gasteiger partial charge on any atom is 0.387 e. The fraction of sp³-hybridized carbons (Fsp3) is 0.188. The molecule has 0 aliphatic heterocycles. The second-order valence-electron chi connectivity index (χ2n) is 4.52. The summed E-state index contributed by atoms with van der Waals surface area (Å²) in [5, 5.41) is 12.1. The average Bonchev–Trinajstić information content (AvgIpc) is 2.47. The fourth-order valence-electron chi connectivity index (χ4n) is 1.87. The van der Waals surface area contributed by atoms with Crippen molar-refractivity contribution in [1.29, 1.82) is 5.26 Å². The Labute approximate surface area is 121 Å². The van der Waals surface area contributed by atoms with E-state index in [4.69, 9.17) is 5.26 Å². The molecular formula is C16H14F2N2O. The van der Waals surface area contributed by atoms with Crippen LogP contribution in [0, 0.1) is 18.3 Å².